The Balaban J connectivity index is 2.00. The summed E-state index contributed by atoms with van der Waals surface area (Å²) in [4.78, 5) is 13.1. The Bertz CT molecular complexity index is 478. The van der Waals surface area contributed by atoms with E-state index in [0.717, 1.165) is 5.56 Å². The van der Waals surface area contributed by atoms with Crippen LogP contribution in [0.2, 0.25) is 0 Å². The third-order valence-electron chi connectivity index (χ3n) is 3.76. The number of aromatic hydroxyl groups is 1. The summed E-state index contributed by atoms with van der Waals surface area (Å²) in [6.07, 6.45) is 1.25. The number of carboxylic acid groups (broad SMARTS) is 1. The number of phenols is 1. The molecule has 19 heavy (non-hydrogen) atoms. The van der Waals surface area contributed by atoms with E-state index in [0.29, 0.717) is 25.9 Å². The van der Waals surface area contributed by atoms with Gasteiger partial charge in [0.05, 0.1) is 5.92 Å². The smallest absolute Gasteiger partial charge is 0.306 e. The van der Waals surface area contributed by atoms with Gasteiger partial charge in [-0.1, -0.05) is 6.07 Å². The molecule has 1 aromatic rings. The molecule has 1 fully saturated rings. The number of rotatable bonds is 3. The van der Waals surface area contributed by atoms with Crippen molar-refractivity contribution in [2.24, 2.45) is 5.92 Å². The molecule has 0 amide bonds. The predicted octanol–water partition coefficient (Wildman–Crippen LogP) is 2.22. The van der Waals surface area contributed by atoms with Crippen LogP contribution < -0.4 is 0 Å². The normalized spacial score (nSPS) is 24.3. The van der Waals surface area contributed by atoms with Crippen LogP contribution in [-0.4, -0.2) is 33.7 Å². The van der Waals surface area contributed by atoms with E-state index in [2.05, 4.69) is 4.90 Å². The average molecular weight is 267 g/mol. The van der Waals surface area contributed by atoms with Crippen molar-refractivity contribution in [2.45, 2.75) is 32.4 Å². The van der Waals surface area contributed by atoms with E-state index >= 15 is 0 Å². The molecule has 1 aromatic carbocycles. The van der Waals surface area contributed by atoms with E-state index in [1.807, 2.05) is 6.92 Å². The number of nitrogens with zero attached hydrogens (tertiary/aromatic N) is 1. The summed E-state index contributed by atoms with van der Waals surface area (Å²) in [5.74, 6) is -1.98. The molecule has 2 N–H and O–H groups in total. The fourth-order valence-corrected chi connectivity index (χ4v) is 2.56. The predicted molar refractivity (Wildman–Crippen MR) is 68.3 cm³/mol. The molecule has 2 atom stereocenters. The molecule has 0 bridgehead atoms. The lowest BCUT2D eigenvalue weighted by Crippen LogP contribution is -2.42. The summed E-state index contributed by atoms with van der Waals surface area (Å²) in [5, 5.41) is 18.1. The zero-order valence-corrected chi connectivity index (χ0v) is 10.8. The fraction of sp³-hybridized carbons (Fsp3) is 0.500. The van der Waals surface area contributed by atoms with Gasteiger partial charge in [0.1, 0.15) is 0 Å². The fourth-order valence-electron chi connectivity index (χ4n) is 2.56. The number of hydrogen-bond acceptors (Lipinski definition) is 3. The molecule has 104 valence electrons. The maximum atomic E-state index is 13.3. The summed E-state index contributed by atoms with van der Waals surface area (Å²) in [7, 11) is 0. The van der Waals surface area contributed by atoms with Crippen LogP contribution in [0.4, 0.5) is 4.39 Å². The molecule has 5 heteroatoms. The molecule has 2 unspecified atom stereocenters. The van der Waals surface area contributed by atoms with Crippen molar-refractivity contribution in [3.8, 4) is 5.75 Å². The minimum atomic E-state index is -0.734. The SMILES string of the molecule is CC1CC(C(=O)O)CCN1Cc1ccc(O)c(F)c1. The molecule has 0 spiro atoms. The van der Waals surface area contributed by atoms with Gasteiger partial charge in [-0.3, -0.25) is 9.69 Å². The topological polar surface area (TPSA) is 60.8 Å². The molecule has 0 radical (unpaired) electrons. The zero-order chi connectivity index (χ0) is 14.0. The van der Waals surface area contributed by atoms with Gasteiger partial charge in [-0.15, -0.1) is 0 Å². The Morgan fingerprint density at radius 3 is 2.84 bits per heavy atom. The van der Waals surface area contributed by atoms with Crippen LogP contribution in [0.5, 0.6) is 5.75 Å². The van der Waals surface area contributed by atoms with Crippen LogP contribution in [0.3, 0.4) is 0 Å². The van der Waals surface area contributed by atoms with Crippen molar-refractivity contribution in [1.29, 1.82) is 0 Å². The molecule has 4 nitrogen and oxygen atoms in total. The second-order valence-electron chi connectivity index (χ2n) is 5.16. The summed E-state index contributed by atoms with van der Waals surface area (Å²) in [6, 6.07) is 4.52. The third kappa shape index (κ3) is 3.23. The number of aliphatic carboxylic acids is 1. The minimum Gasteiger partial charge on any atom is -0.505 e. The van der Waals surface area contributed by atoms with Crippen LogP contribution in [-0.2, 0) is 11.3 Å². The van der Waals surface area contributed by atoms with Gasteiger partial charge in [0.15, 0.2) is 11.6 Å². The molecule has 1 saturated heterocycles. The second-order valence-corrected chi connectivity index (χ2v) is 5.16. The summed E-state index contributed by atoms with van der Waals surface area (Å²) in [6.45, 7) is 3.26. The van der Waals surface area contributed by atoms with E-state index in [1.165, 1.54) is 12.1 Å². The Hall–Kier alpha value is -1.62. The zero-order valence-electron chi connectivity index (χ0n) is 10.8. The first-order chi connectivity index (χ1) is 8.97. The van der Waals surface area contributed by atoms with Gasteiger partial charge in [0.2, 0.25) is 0 Å². The molecule has 2 rings (SSSR count). The number of piperidine rings is 1. The lowest BCUT2D eigenvalue weighted by Gasteiger charge is -2.36. The van der Waals surface area contributed by atoms with Crippen LogP contribution in [0, 0.1) is 11.7 Å². The lowest BCUT2D eigenvalue weighted by atomic mass is 9.91. The number of halogens is 1. The van der Waals surface area contributed by atoms with Gasteiger partial charge in [-0.05, 0) is 44.0 Å². The van der Waals surface area contributed by atoms with E-state index in [1.54, 1.807) is 6.07 Å². The van der Waals surface area contributed by atoms with E-state index in [4.69, 9.17) is 10.2 Å². The van der Waals surface area contributed by atoms with Crippen LogP contribution in [0.15, 0.2) is 18.2 Å². The summed E-state index contributed by atoms with van der Waals surface area (Å²) < 4.78 is 13.3. The monoisotopic (exact) mass is 267 g/mol. The molecule has 1 heterocycles. The van der Waals surface area contributed by atoms with Crippen molar-refractivity contribution in [3.63, 3.8) is 0 Å². The lowest BCUT2D eigenvalue weighted by molar-refractivity contribution is -0.144. The van der Waals surface area contributed by atoms with E-state index < -0.39 is 11.8 Å². The maximum Gasteiger partial charge on any atom is 0.306 e. The maximum absolute atomic E-state index is 13.3. The minimum absolute atomic E-state index is 0.159. The Morgan fingerprint density at radius 2 is 2.26 bits per heavy atom. The van der Waals surface area contributed by atoms with Crippen molar-refractivity contribution >= 4 is 5.97 Å². The summed E-state index contributed by atoms with van der Waals surface area (Å²) in [5.41, 5.74) is 0.788. The first-order valence-corrected chi connectivity index (χ1v) is 6.41. The van der Waals surface area contributed by atoms with E-state index in [9.17, 15) is 9.18 Å². The van der Waals surface area contributed by atoms with E-state index in [-0.39, 0.29) is 17.7 Å². The van der Waals surface area contributed by atoms with Crippen molar-refractivity contribution in [3.05, 3.63) is 29.6 Å². The molecule has 1 aliphatic rings. The first-order valence-electron chi connectivity index (χ1n) is 6.41. The highest BCUT2D eigenvalue weighted by Crippen LogP contribution is 2.25. The number of hydrogen-bond donors (Lipinski definition) is 2. The Labute approximate surface area is 111 Å². The number of carbonyl (C=O) groups is 1. The van der Waals surface area contributed by atoms with Gasteiger partial charge in [0.25, 0.3) is 0 Å². The van der Waals surface area contributed by atoms with Gasteiger partial charge in [-0.25, -0.2) is 4.39 Å². The molecule has 0 aliphatic carbocycles. The van der Waals surface area contributed by atoms with Gasteiger partial charge in [-0.2, -0.15) is 0 Å². The van der Waals surface area contributed by atoms with Crippen LogP contribution in [0.1, 0.15) is 25.3 Å². The highest BCUT2D eigenvalue weighted by Gasteiger charge is 2.29. The number of benzene rings is 1. The Kier molecular flexibility index (Phi) is 4.04. The molecule has 0 aromatic heterocycles. The first kappa shape index (κ1) is 13.8. The highest BCUT2D eigenvalue weighted by atomic mass is 19.1. The van der Waals surface area contributed by atoms with Gasteiger partial charge >= 0.3 is 5.97 Å². The standard InChI is InChI=1S/C14H18FNO3/c1-9-6-11(14(18)19)4-5-16(9)8-10-2-3-13(17)12(15)7-10/h2-3,7,9,11,17H,4-6,8H2,1H3,(H,18,19). The number of likely N-dealkylation sites (tertiary alicyclic amines) is 1. The second kappa shape index (κ2) is 5.57. The van der Waals surface area contributed by atoms with Gasteiger partial charge in [0, 0.05) is 12.6 Å². The third-order valence-corrected chi connectivity index (χ3v) is 3.76. The molecular weight excluding hydrogens is 249 g/mol. The Morgan fingerprint density at radius 1 is 1.53 bits per heavy atom. The quantitative estimate of drug-likeness (QED) is 0.881. The summed E-state index contributed by atoms with van der Waals surface area (Å²) >= 11 is 0. The number of phenolic OH excluding ortho intramolecular Hbond substituents is 1. The number of carboxylic acids is 1. The van der Waals surface area contributed by atoms with Crippen molar-refractivity contribution in [1.82, 2.24) is 4.90 Å². The average Bonchev–Trinajstić information content (AvgIpc) is 2.36. The molecular formula is C14H18FNO3. The van der Waals surface area contributed by atoms with Gasteiger partial charge < -0.3 is 10.2 Å². The van der Waals surface area contributed by atoms with Crippen LogP contribution in [0.25, 0.3) is 0 Å². The van der Waals surface area contributed by atoms with Crippen LogP contribution >= 0.6 is 0 Å². The van der Waals surface area contributed by atoms with Crippen molar-refractivity contribution < 1.29 is 19.4 Å². The molecule has 0 saturated carbocycles. The molecule has 1 aliphatic heterocycles. The van der Waals surface area contributed by atoms with Crippen molar-refractivity contribution in [2.75, 3.05) is 6.54 Å². The largest absolute Gasteiger partial charge is 0.505 e. The highest BCUT2D eigenvalue weighted by molar-refractivity contribution is 5.70.